The normalized spacial score (nSPS) is 12.6. The smallest absolute Gasteiger partial charge is 0.0940 e. The van der Waals surface area contributed by atoms with Crippen LogP contribution in [-0.2, 0) is 6.42 Å². The van der Waals surface area contributed by atoms with Crippen molar-refractivity contribution in [3.8, 4) is 0 Å². The van der Waals surface area contributed by atoms with Crippen LogP contribution in [0.4, 0.5) is 0 Å². The average Bonchev–Trinajstić information content (AvgIpc) is 2.81. The molecule has 96 valence electrons. The Hall–Kier alpha value is -1.23. The summed E-state index contributed by atoms with van der Waals surface area (Å²) in [5.41, 5.74) is 8.39. The standard InChI is InChI=1S/C14H19N3S/c1-11-10-18-14(17-11)7-8-16-9-13(15)12-5-3-2-4-6-12/h2-6,10,13,16H,7-9,15H2,1H3. The molecule has 3 nitrogen and oxygen atoms in total. The van der Waals surface area contributed by atoms with Crippen molar-refractivity contribution < 1.29 is 0 Å². The first kappa shape index (κ1) is 13.2. The van der Waals surface area contributed by atoms with Gasteiger partial charge < -0.3 is 11.1 Å². The van der Waals surface area contributed by atoms with Crippen LogP contribution >= 0.6 is 11.3 Å². The number of benzene rings is 1. The first-order valence-electron chi connectivity index (χ1n) is 6.18. The van der Waals surface area contributed by atoms with Crippen molar-refractivity contribution in [2.24, 2.45) is 5.73 Å². The minimum Gasteiger partial charge on any atom is -0.323 e. The second-order valence-corrected chi connectivity index (χ2v) is 5.30. The highest BCUT2D eigenvalue weighted by Crippen LogP contribution is 2.09. The van der Waals surface area contributed by atoms with Gasteiger partial charge in [-0.1, -0.05) is 30.3 Å². The van der Waals surface area contributed by atoms with Crippen molar-refractivity contribution >= 4 is 11.3 Å². The van der Waals surface area contributed by atoms with Crippen LogP contribution in [0.3, 0.4) is 0 Å². The fraction of sp³-hybridized carbons (Fsp3) is 0.357. The SMILES string of the molecule is Cc1csc(CCNCC(N)c2ccccc2)n1. The minimum atomic E-state index is 0.0595. The summed E-state index contributed by atoms with van der Waals surface area (Å²) < 4.78 is 0. The third kappa shape index (κ3) is 3.91. The molecule has 1 unspecified atom stereocenters. The highest BCUT2D eigenvalue weighted by Gasteiger charge is 2.04. The van der Waals surface area contributed by atoms with Crippen LogP contribution in [0.25, 0.3) is 0 Å². The maximum atomic E-state index is 6.10. The maximum absolute atomic E-state index is 6.10. The van der Waals surface area contributed by atoms with Crippen LogP contribution in [0, 0.1) is 6.92 Å². The number of thiazole rings is 1. The molecule has 0 fully saturated rings. The molecule has 1 aromatic carbocycles. The van der Waals surface area contributed by atoms with Gasteiger partial charge in [0, 0.05) is 36.6 Å². The molecular formula is C14H19N3S. The molecular weight excluding hydrogens is 242 g/mol. The molecule has 0 amide bonds. The quantitative estimate of drug-likeness (QED) is 0.784. The minimum absolute atomic E-state index is 0.0595. The van der Waals surface area contributed by atoms with E-state index in [1.165, 1.54) is 10.6 Å². The van der Waals surface area contributed by atoms with E-state index >= 15 is 0 Å². The number of hydrogen-bond acceptors (Lipinski definition) is 4. The van der Waals surface area contributed by atoms with E-state index in [-0.39, 0.29) is 6.04 Å². The largest absolute Gasteiger partial charge is 0.323 e. The number of nitrogens with two attached hydrogens (primary N) is 1. The van der Waals surface area contributed by atoms with E-state index in [9.17, 15) is 0 Å². The molecule has 0 radical (unpaired) electrons. The molecule has 1 atom stereocenters. The number of aryl methyl sites for hydroxylation is 1. The summed E-state index contributed by atoms with van der Waals surface area (Å²) in [7, 11) is 0. The molecule has 0 aliphatic rings. The Balaban J connectivity index is 1.69. The van der Waals surface area contributed by atoms with Crippen LogP contribution in [0.5, 0.6) is 0 Å². The van der Waals surface area contributed by atoms with E-state index in [0.717, 1.165) is 25.2 Å². The van der Waals surface area contributed by atoms with Crippen LogP contribution in [0.15, 0.2) is 35.7 Å². The zero-order valence-corrected chi connectivity index (χ0v) is 11.4. The summed E-state index contributed by atoms with van der Waals surface area (Å²) in [6, 6.07) is 10.2. The van der Waals surface area contributed by atoms with Crippen LogP contribution in [0.1, 0.15) is 22.3 Å². The molecule has 18 heavy (non-hydrogen) atoms. The summed E-state index contributed by atoms with van der Waals surface area (Å²) in [5.74, 6) is 0. The Kier molecular flexibility index (Phi) is 4.87. The van der Waals surface area contributed by atoms with Gasteiger partial charge in [-0.15, -0.1) is 11.3 Å². The summed E-state index contributed by atoms with van der Waals surface area (Å²) >= 11 is 1.72. The van der Waals surface area contributed by atoms with E-state index in [2.05, 4.69) is 27.8 Å². The van der Waals surface area contributed by atoms with Crippen molar-refractivity contribution in [2.75, 3.05) is 13.1 Å². The van der Waals surface area contributed by atoms with E-state index in [4.69, 9.17) is 5.73 Å². The lowest BCUT2D eigenvalue weighted by Gasteiger charge is -2.12. The van der Waals surface area contributed by atoms with Gasteiger partial charge in [0.25, 0.3) is 0 Å². The van der Waals surface area contributed by atoms with Gasteiger partial charge in [0.05, 0.1) is 5.01 Å². The summed E-state index contributed by atoms with van der Waals surface area (Å²) in [4.78, 5) is 4.43. The lowest BCUT2D eigenvalue weighted by Crippen LogP contribution is -2.28. The highest BCUT2D eigenvalue weighted by molar-refractivity contribution is 7.09. The Morgan fingerprint density at radius 1 is 1.33 bits per heavy atom. The van der Waals surface area contributed by atoms with Crippen molar-refractivity contribution in [1.29, 1.82) is 0 Å². The molecule has 0 saturated carbocycles. The van der Waals surface area contributed by atoms with Gasteiger partial charge in [0.1, 0.15) is 0 Å². The predicted molar refractivity (Wildman–Crippen MR) is 76.8 cm³/mol. The van der Waals surface area contributed by atoms with Crippen molar-refractivity contribution in [1.82, 2.24) is 10.3 Å². The van der Waals surface area contributed by atoms with Gasteiger partial charge in [0.15, 0.2) is 0 Å². The average molecular weight is 261 g/mol. The number of nitrogens with zero attached hydrogens (tertiary/aromatic N) is 1. The second kappa shape index (κ2) is 6.64. The van der Waals surface area contributed by atoms with Crippen molar-refractivity contribution in [2.45, 2.75) is 19.4 Å². The highest BCUT2D eigenvalue weighted by atomic mass is 32.1. The number of rotatable bonds is 6. The first-order valence-corrected chi connectivity index (χ1v) is 7.06. The zero-order valence-electron chi connectivity index (χ0n) is 10.6. The lowest BCUT2D eigenvalue weighted by molar-refractivity contribution is 0.598. The number of nitrogens with one attached hydrogen (secondary N) is 1. The van der Waals surface area contributed by atoms with Gasteiger partial charge in [-0.3, -0.25) is 0 Å². The Bertz CT molecular complexity index is 467. The van der Waals surface area contributed by atoms with Gasteiger partial charge >= 0.3 is 0 Å². The summed E-state index contributed by atoms with van der Waals surface area (Å²) in [5, 5.41) is 6.66. The third-order valence-electron chi connectivity index (χ3n) is 2.77. The predicted octanol–water partition coefficient (Wildman–Crippen LogP) is 2.28. The van der Waals surface area contributed by atoms with Crippen LogP contribution < -0.4 is 11.1 Å². The second-order valence-electron chi connectivity index (χ2n) is 4.35. The van der Waals surface area contributed by atoms with Gasteiger partial charge in [-0.2, -0.15) is 0 Å². The topological polar surface area (TPSA) is 50.9 Å². The molecule has 0 spiro atoms. The monoisotopic (exact) mass is 261 g/mol. The Morgan fingerprint density at radius 2 is 2.11 bits per heavy atom. The molecule has 2 rings (SSSR count). The molecule has 1 heterocycles. The number of aromatic nitrogens is 1. The van der Waals surface area contributed by atoms with Crippen LogP contribution in [0.2, 0.25) is 0 Å². The van der Waals surface area contributed by atoms with E-state index in [1.807, 2.05) is 25.1 Å². The molecule has 2 aromatic rings. The first-order chi connectivity index (χ1) is 8.75. The molecule has 0 saturated heterocycles. The fourth-order valence-corrected chi connectivity index (χ4v) is 2.56. The van der Waals surface area contributed by atoms with Crippen LogP contribution in [-0.4, -0.2) is 18.1 Å². The third-order valence-corrected chi connectivity index (χ3v) is 3.80. The van der Waals surface area contributed by atoms with E-state index in [0.29, 0.717) is 0 Å². The molecule has 0 bridgehead atoms. The maximum Gasteiger partial charge on any atom is 0.0940 e. The summed E-state index contributed by atoms with van der Waals surface area (Å²) in [6.45, 7) is 3.75. The molecule has 4 heteroatoms. The van der Waals surface area contributed by atoms with E-state index in [1.54, 1.807) is 11.3 Å². The fourth-order valence-electron chi connectivity index (χ4n) is 1.79. The van der Waals surface area contributed by atoms with E-state index < -0.39 is 0 Å². The summed E-state index contributed by atoms with van der Waals surface area (Å²) in [6.07, 6.45) is 0.972. The lowest BCUT2D eigenvalue weighted by atomic mass is 10.1. The molecule has 1 aromatic heterocycles. The van der Waals surface area contributed by atoms with Gasteiger partial charge in [-0.05, 0) is 12.5 Å². The number of hydrogen-bond donors (Lipinski definition) is 2. The Labute approximate surface area is 112 Å². The van der Waals surface area contributed by atoms with Gasteiger partial charge in [-0.25, -0.2) is 4.98 Å². The van der Waals surface area contributed by atoms with Crippen molar-refractivity contribution in [3.05, 3.63) is 52.0 Å². The molecule has 0 aliphatic heterocycles. The van der Waals surface area contributed by atoms with Gasteiger partial charge in [0.2, 0.25) is 0 Å². The van der Waals surface area contributed by atoms with Crippen molar-refractivity contribution in [3.63, 3.8) is 0 Å². The zero-order chi connectivity index (χ0) is 12.8. The molecule has 0 aliphatic carbocycles. The molecule has 3 N–H and O–H groups in total. The Morgan fingerprint density at radius 3 is 2.78 bits per heavy atom.